The molecule has 37 heavy (non-hydrogen) atoms. The Labute approximate surface area is 222 Å². The summed E-state index contributed by atoms with van der Waals surface area (Å²) in [5.74, 6) is 0.363. The molecule has 0 aliphatic carbocycles. The molecule has 0 aromatic heterocycles. The zero-order valence-corrected chi connectivity index (χ0v) is 22.1. The van der Waals surface area contributed by atoms with E-state index in [1.54, 1.807) is 24.3 Å². The van der Waals surface area contributed by atoms with E-state index in [1.165, 1.54) is 16.3 Å². The van der Waals surface area contributed by atoms with Crippen LogP contribution in [0.15, 0.2) is 120 Å². The highest BCUT2D eigenvalue weighted by molar-refractivity contribution is 7.97. The number of hydrogen-bond acceptors (Lipinski definition) is 7. The van der Waals surface area contributed by atoms with Crippen LogP contribution >= 0.6 is 20.4 Å². The first-order valence-corrected chi connectivity index (χ1v) is 13.3. The quantitative estimate of drug-likeness (QED) is 0.0857. The molecular formula is C29H27NO5PS+. The molecule has 0 fully saturated rings. The maximum absolute atomic E-state index is 13.1. The Bertz CT molecular complexity index is 1230. The molecule has 4 aromatic rings. The smallest absolute Gasteiger partial charge is 0.460 e. The highest BCUT2D eigenvalue weighted by Gasteiger charge is 2.54. The van der Waals surface area contributed by atoms with Crippen LogP contribution < -0.4 is 9.47 Å². The Morgan fingerprint density at radius 3 is 1.81 bits per heavy atom. The molecule has 0 heterocycles. The van der Waals surface area contributed by atoms with Crippen LogP contribution in [0.2, 0.25) is 0 Å². The van der Waals surface area contributed by atoms with Crippen molar-refractivity contribution < 1.29 is 23.6 Å². The number of aryl methyl sites for hydroxylation is 1. The summed E-state index contributed by atoms with van der Waals surface area (Å²) in [6, 6.07) is 35.1. The Kier molecular flexibility index (Phi) is 9.33. The van der Waals surface area contributed by atoms with Crippen LogP contribution in [0.4, 0.5) is 0 Å². The van der Waals surface area contributed by atoms with Crippen LogP contribution in [0.3, 0.4) is 0 Å². The largest absolute Gasteiger partial charge is 0.535 e. The zero-order valence-electron chi connectivity index (χ0n) is 20.3. The lowest BCUT2D eigenvalue weighted by molar-refractivity contribution is -0.155. The minimum absolute atomic E-state index is 0.120. The lowest BCUT2D eigenvalue weighted by Crippen LogP contribution is -2.52. The fourth-order valence-corrected chi connectivity index (χ4v) is 4.96. The van der Waals surface area contributed by atoms with Crippen LogP contribution in [-0.2, 0) is 20.7 Å². The van der Waals surface area contributed by atoms with Gasteiger partial charge in [-0.15, -0.1) is 4.31 Å². The number of rotatable bonds is 12. The molecule has 0 saturated heterocycles. The van der Waals surface area contributed by atoms with Crippen LogP contribution in [0.1, 0.15) is 11.1 Å². The molecule has 4 aromatic carbocycles. The molecule has 1 atom stereocenters. The number of hydrogen-bond donors (Lipinski definition) is 0. The van der Waals surface area contributed by atoms with Crippen molar-refractivity contribution >= 4 is 26.4 Å². The van der Waals surface area contributed by atoms with Crippen molar-refractivity contribution in [2.75, 3.05) is 6.54 Å². The predicted molar refractivity (Wildman–Crippen MR) is 146 cm³/mol. The lowest BCUT2D eigenvalue weighted by Gasteiger charge is -2.31. The number of para-hydroxylation sites is 2. The number of nitrogens with zero attached hydrogens (tertiary/aromatic N) is 1. The highest BCUT2D eigenvalue weighted by Crippen LogP contribution is 2.40. The van der Waals surface area contributed by atoms with E-state index in [0.717, 1.165) is 16.0 Å². The normalized spacial score (nSPS) is 11.3. The van der Waals surface area contributed by atoms with Crippen molar-refractivity contribution in [3.05, 3.63) is 126 Å². The molecule has 0 amide bonds. The molecule has 6 nitrogen and oxygen atoms in total. The summed E-state index contributed by atoms with van der Waals surface area (Å²) in [6.45, 7) is 1.86. The van der Waals surface area contributed by atoms with E-state index in [4.69, 9.17) is 14.2 Å². The molecule has 0 bridgehead atoms. The second-order valence-corrected chi connectivity index (χ2v) is 10.0. The van der Waals surface area contributed by atoms with E-state index in [1.807, 2.05) is 97.9 Å². The predicted octanol–water partition coefficient (Wildman–Crippen LogP) is 6.84. The topological polar surface area (TPSA) is 65.1 Å². The SMILES string of the molecule is Cc1ccc(SN(CC(=O)OCc2ccccc2)C(Oc2ccccc2)(Oc2ccccc2)[PH+]=O)cc1. The van der Waals surface area contributed by atoms with Crippen molar-refractivity contribution in [2.24, 2.45) is 0 Å². The Morgan fingerprint density at radius 1 is 0.784 bits per heavy atom. The second-order valence-electron chi connectivity index (χ2n) is 8.10. The number of esters is 1. The number of carbonyl (C=O) groups is 1. The van der Waals surface area contributed by atoms with E-state index in [2.05, 4.69) is 0 Å². The Hall–Kier alpha value is -3.64. The van der Waals surface area contributed by atoms with Gasteiger partial charge in [0.2, 0.25) is 0 Å². The third-order valence-corrected chi connectivity index (χ3v) is 7.17. The van der Waals surface area contributed by atoms with Gasteiger partial charge in [0.25, 0.3) is 0 Å². The van der Waals surface area contributed by atoms with E-state index >= 15 is 0 Å². The standard InChI is InChI=1S/C29H26NO5PS/c1-23-17-19-27(20-18-23)37-30(21-28(31)33-22-24-11-5-2-6-12-24)29(36-32,34-25-13-7-3-8-14-25)35-26-15-9-4-10-16-26/h2-20H,21-22H2,1H3/p+1. The van der Waals surface area contributed by atoms with Crippen molar-refractivity contribution in [1.29, 1.82) is 0 Å². The van der Waals surface area contributed by atoms with Crippen molar-refractivity contribution in [1.82, 2.24) is 4.31 Å². The number of carbonyl (C=O) groups excluding carboxylic acids is 1. The van der Waals surface area contributed by atoms with Crippen LogP contribution in [0, 0.1) is 6.92 Å². The van der Waals surface area contributed by atoms with E-state index < -0.39 is 20.1 Å². The molecule has 1 unspecified atom stereocenters. The molecule has 0 N–H and O–H groups in total. The van der Waals surface area contributed by atoms with Gasteiger partial charge in [0.1, 0.15) is 24.7 Å². The average molecular weight is 533 g/mol. The molecule has 0 radical (unpaired) electrons. The average Bonchev–Trinajstić information content (AvgIpc) is 2.94. The Balaban J connectivity index is 1.67. The second kappa shape index (κ2) is 13.1. The first-order chi connectivity index (χ1) is 18.1. The molecule has 0 aliphatic heterocycles. The molecule has 0 spiro atoms. The van der Waals surface area contributed by atoms with Crippen molar-refractivity contribution in [3.63, 3.8) is 0 Å². The molecule has 0 saturated carbocycles. The highest BCUT2D eigenvalue weighted by atomic mass is 32.2. The summed E-state index contributed by atoms with van der Waals surface area (Å²) in [4.78, 5) is 13.9. The first-order valence-electron chi connectivity index (χ1n) is 11.7. The van der Waals surface area contributed by atoms with Crippen molar-refractivity contribution in [3.8, 4) is 11.5 Å². The summed E-state index contributed by atoms with van der Waals surface area (Å²) in [6.07, 6.45) is 0. The fourth-order valence-electron chi connectivity index (χ4n) is 3.34. The summed E-state index contributed by atoms with van der Waals surface area (Å²) in [7, 11) is -1.12. The van der Waals surface area contributed by atoms with Gasteiger partial charge in [-0.05, 0) is 60.8 Å². The molecule has 8 heteroatoms. The molecule has 188 valence electrons. The van der Waals surface area contributed by atoms with Gasteiger partial charge in [-0.25, -0.2) is 0 Å². The molecule has 4 rings (SSSR count). The van der Waals surface area contributed by atoms with Gasteiger partial charge in [0.15, 0.2) is 0 Å². The molecule has 0 aliphatic rings. The Morgan fingerprint density at radius 2 is 1.30 bits per heavy atom. The fraction of sp³-hybridized carbons (Fsp3) is 0.138. The van der Waals surface area contributed by atoms with Crippen LogP contribution in [0.25, 0.3) is 0 Å². The van der Waals surface area contributed by atoms with Crippen LogP contribution in [-0.4, -0.2) is 22.5 Å². The van der Waals surface area contributed by atoms with Gasteiger partial charge in [-0.3, -0.25) is 4.79 Å². The first kappa shape index (κ1) is 26.4. The maximum Gasteiger partial charge on any atom is 0.535 e. The van der Waals surface area contributed by atoms with E-state index in [0.29, 0.717) is 11.5 Å². The van der Waals surface area contributed by atoms with Gasteiger partial charge in [0.05, 0.1) is 0 Å². The maximum atomic E-state index is 13.1. The number of ether oxygens (including phenoxy) is 3. The minimum Gasteiger partial charge on any atom is -0.460 e. The van der Waals surface area contributed by atoms with Crippen molar-refractivity contribution in [2.45, 2.75) is 24.1 Å². The van der Waals surface area contributed by atoms with Gasteiger partial charge >= 0.3 is 20.1 Å². The lowest BCUT2D eigenvalue weighted by atomic mass is 10.2. The summed E-state index contributed by atoms with van der Waals surface area (Å²) >= 11 is 1.21. The van der Waals surface area contributed by atoms with Gasteiger partial charge in [-0.2, -0.15) is 0 Å². The minimum atomic E-state index is -1.83. The third kappa shape index (κ3) is 7.67. The van der Waals surface area contributed by atoms with Gasteiger partial charge < -0.3 is 14.2 Å². The summed E-state index contributed by atoms with van der Waals surface area (Å²) < 4.78 is 32.6. The van der Waals surface area contributed by atoms with Crippen LogP contribution in [0.5, 0.6) is 11.5 Å². The van der Waals surface area contributed by atoms with E-state index in [-0.39, 0.29) is 13.2 Å². The van der Waals surface area contributed by atoms with Gasteiger partial charge in [-0.1, -0.05) is 89.0 Å². The van der Waals surface area contributed by atoms with E-state index in [9.17, 15) is 9.36 Å². The monoisotopic (exact) mass is 532 g/mol. The molecular weight excluding hydrogens is 505 g/mol. The van der Waals surface area contributed by atoms with Gasteiger partial charge in [0, 0.05) is 4.90 Å². The summed E-state index contributed by atoms with van der Waals surface area (Å²) in [5, 5.41) is 0. The summed E-state index contributed by atoms with van der Waals surface area (Å²) in [5.41, 5.74) is 0.132. The number of benzene rings is 4. The zero-order chi connectivity index (χ0) is 25.9. The third-order valence-electron chi connectivity index (χ3n) is 5.21.